The molecule has 0 atom stereocenters. The Hall–Kier alpha value is -2.69. The van der Waals surface area contributed by atoms with Crippen molar-refractivity contribution >= 4 is 28.7 Å². The Morgan fingerprint density at radius 1 is 1.00 bits per heavy atom. The standard InChI is InChI=1S/C15H18N4O/c1-19(2)14-5-3-13(4-6-14)18-15(20)10-7-11(16)9-12(17)8-10/h3-9H,16-17H2,1-2H3,(H,18,20). The van der Waals surface area contributed by atoms with Crippen molar-refractivity contribution in [3.8, 4) is 0 Å². The normalized spacial score (nSPS) is 10.1. The average Bonchev–Trinajstić information content (AvgIpc) is 2.38. The first kappa shape index (κ1) is 13.7. The number of hydrogen-bond acceptors (Lipinski definition) is 4. The van der Waals surface area contributed by atoms with Crippen LogP contribution in [-0.2, 0) is 0 Å². The van der Waals surface area contributed by atoms with Gasteiger partial charge in [0.05, 0.1) is 0 Å². The summed E-state index contributed by atoms with van der Waals surface area (Å²) in [6.07, 6.45) is 0. The van der Waals surface area contributed by atoms with Gasteiger partial charge >= 0.3 is 0 Å². The number of anilines is 4. The lowest BCUT2D eigenvalue weighted by Gasteiger charge is -2.13. The molecule has 5 nitrogen and oxygen atoms in total. The summed E-state index contributed by atoms with van der Waals surface area (Å²) in [6, 6.07) is 12.4. The molecule has 5 heteroatoms. The summed E-state index contributed by atoms with van der Waals surface area (Å²) in [5, 5.41) is 2.81. The van der Waals surface area contributed by atoms with Crippen molar-refractivity contribution in [2.24, 2.45) is 0 Å². The summed E-state index contributed by atoms with van der Waals surface area (Å²) < 4.78 is 0. The van der Waals surface area contributed by atoms with Crippen molar-refractivity contribution in [1.82, 2.24) is 0 Å². The van der Waals surface area contributed by atoms with Gasteiger partial charge in [0, 0.05) is 42.4 Å². The Kier molecular flexibility index (Phi) is 3.79. The molecule has 0 aliphatic carbocycles. The smallest absolute Gasteiger partial charge is 0.255 e. The van der Waals surface area contributed by atoms with E-state index in [0.29, 0.717) is 16.9 Å². The van der Waals surface area contributed by atoms with E-state index < -0.39 is 0 Å². The fraction of sp³-hybridized carbons (Fsp3) is 0.133. The Bertz CT molecular complexity index is 600. The van der Waals surface area contributed by atoms with Crippen LogP contribution in [0, 0.1) is 0 Å². The van der Waals surface area contributed by atoms with Crippen LogP contribution in [0.5, 0.6) is 0 Å². The zero-order valence-corrected chi connectivity index (χ0v) is 11.6. The highest BCUT2D eigenvalue weighted by Gasteiger charge is 2.08. The van der Waals surface area contributed by atoms with Gasteiger partial charge in [-0.25, -0.2) is 0 Å². The number of benzene rings is 2. The number of rotatable bonds is 3. The van der Waals surface area contributed by atoms with Crippen molar-refractivity contribution in [1.29, 1.82) is 0 Å². The molecule has 0 aliphatic rings. The van der Waals surface area contributed by atoms with Crippen molar-refractivity contribution in [2.75, 3.05) is 35.8 Å². The molecule has 0 aliphatic heterocycles. The fourth-order valence-electron chi connectivity index (χ4n) is 1.85. The summed E-state index contributed by atoms with van der Waals surface area (Å²) in [5.74, 6) is -0.235. The first-order valence-electron chi connectivity index (χ1n) is 6.20. The number of amides is 1. The SMILES string of the molecule is CN(C)c1ccc(NC(=O)c2cc(N)cc(N)c2)cc1. The van der Waals surface area contributed by atoms with Gasteiger partial charge in [-0.1, -0.05) is 0 Å². The van der Waals surface area contributed by atoms with E-state index in [1.165, 1.54) is 0 Å². The Balaban J connectivity index is 2.14. The third-order valence-corrected chi connectivity index (χ3v) is 2.88. The molecule has 0 saturated heterocycles. The van der Waals surface area contributed by atoms with Gasteiger partial charge in [-0.3, -0.25) is 4.79 Å². The van der Waals surface area contributed by atoms with E-state index in [1.807, 2.05) is 43.3 Å². The molecule has 2 rings (SSSR count). The average molecular weight is 270 g/mol. The van der Waals surface area contributed by atoms with Gasteiger partial charge in [-0.15, -0.1) is 0 Å². The topological polar surface area (TPSA) is 84.4 Å². The van der Waals surface area contributed by atoms with E-state index in [-0.39, 0.29) is 5.91 Å². The quantitative estimate of drug-likeness (QED) is 0.746. The zero-order valence-electron chi connectivity index (χ0n) is 11.6. The predicted molar refractivity (Wildman–Crippen MR) is 84.0 cm³/mol. The number of hydrogen-bond donors (Lipinski definition) is 3. The van der Waals surface area contributed by atoms with Crippen LogP contribution in [-0.4, -0.2) is 20.0 Å². The van der Waals surface area contributed by atoms with Crippen molar-refractivity contribution < 1.29 is 4.79 Å². The minimum atomic E-state index is -0.235. The van der Waals surface area contributed by atoms with E-state index in [1.54, 1.807) is 18.2 Å². The second-order valence-corrected chi connectivity index (χ2v) is 4.78. The van der Waals surface area contributed by atoms with E-state index in [2.05, 4.69) is 5.32 Å². The number of nitrogens with zero attached hydrogens (tertiary/aromatic N) is 1. The van der Waals surface area contributed by atoms with Gasteiger partial charge in [-0.2, -0.15) is 0 Å². The second-order valence-electron chi connectivity index (χ2n) is 4.78. The van der Waals surface area contributed by atoms with Gasteiger partial charge in [0.15, 0.2) is 0 Å². The lowest BCUT2D eigenvalue weighted by molar-refractivity contribution is 0.102. The van der Waals surface area contributed by atoms with Crippen LogP contribution in [0.25, 0.3) is 0 Å². The molecule has 0 heterocycles. The third-order valence-electron chi connectivity index (χ3n) is 2.88. The molecule has 0 aromatic heterocycles. The van der Waals surface area contributed by atoms with E-state index in [4.69, 9.17) is 11.5 Å². The summed E-state index contributed by atoms with van der Waals surface area (Å²) in [5.41, 5.74) is 14.5. The predicted octanol–water partition coefficient (Wildman–Crippen LogP) is 2.17. The molecule has 2 aromatic rings. The lowest BCUT2D eigenvalue weighted by Crippen LogP contribution is -2.13. The molecular formula is C15H18N4O. The van der Waals surface area contributed by atoms with Crippen LogP contribution in [0.2, 0.25) is 0 Å². The minimum absolute atomic E-state index is 0.235. The van der Waals surface area contributed by atoms with E-state index in [0.717, 1.165) is 11.4 Å². The number of carbonyl (C=O) groups is 1. The van der Waals surface area contributed by atoms with Crippen molar-refractivity contribution in [3.63, 3.8) is 0 Å². The monoisotopic (exact) mass is 270 g/mol. The third kappa shape index (κ3) is 3.20. The van der Waals surface area contributed by atoms with Crippen LogP contribution in [0.4, 0.5) is 22.7 Å². The second kappa shape index (κ2) is 5.52. The molecule has 0 bridgehead atoms. The van der Waals surface area contributed by atoms with Crippen molar-refractivity contribution in [2.45, 2.75) is 0 Å². The van der Waals surface area contributed by atoms with E-state index in [9.17, 15) is 4.79 Å². The van der Waals surface area contributed by atoms with Gasteiger partial charge in [0.2, 0.25) is 0 Å². The maximum atomic E-state index is 12.1. The molecule has 0 spiro atoms. The Morgan fingerprint density at radius 2 is 1.55 bits per heavy atom. The molecule has 1 amide bonds. The highest BCUT2D eigenvalue weighted by molar-refractivity contribution is 6.05. The highest BCUT2D eigenvalue weighted by Crippen LogP contribution is 2.18. The fourth-order valence-corrected chi connectivity index (χ4v) is 1.85. The van der Waals surface area contributed by atoms with Crippen LogP contribution in [0.1, 0.15) is 10.4 Å². The largest absolute Gasteiger partial charge is 0.399 e. The first-order chi connectivity index (χ1) is 9.45. The van der Waals surface area contributed by atoms with Crippen LogP contribution in [0.3, 0.4) is 0 Å². The summed E-state index contributed by atoms with van der Waals surface area (Å²) in [6.45, 7) is 0. The molecule has 0 saturated carbocycles. The van der Waals surface area contributed by atoms with Crippen LogP contribution in [0.15, 0.2) is 42.5 Å². The molecule has 104 valence electrons. The van der Waals surface area contributed by atoms with Gasteiger partial charge in [0.25, 0.3) is 5.91 Å². The molecule has 20 heavy (non-hydrogen) atoms. The molecule has 0 fully saturated rings. The first-order valence-corrected chi connectivity index (χ1v) is 6.20. The van der Waals surface area contributed by atoms with Crippen LogP contribution >= 0.6 is 0 Å². The number of nitrogens with two attached hydrogens (primary N) is 2. The van der Waals surface area contributed by atoms with Crippen LogP contribution < -0.4 is 21.7 Å². The molecule has 0 unspecified atom stereocenters. The van der Waals surface area contributed by atoms with Crippen molar-refractivity contribution in [3.05, 3.63) is 48.0 Å². The van der Waals surface area contributed by atoms with E-state index >= 15 is 0 Å². The molecule has 2 aromatic carbocycles. The Morgan fingerprint density at radius 3 is 2.05 bits per heavy atom. The number of nitrogens with one attached hydrogen (secondary N) is 1. The minimum Gasteiger partial charge on any atom is -0.399 e. The summed E-state index contributed by atoms with van der Waals surface area (Å²) >= 11 is 0. The maximum Gasteiger partial charge on any atom is 0.255 e. The number of carbonyl (C=O) groups excluding carboxylic acids is 1. The van der Waals surface area contributed by atoms with Gasteiger partial charge in [0.1, 0.15) is 0 Å². The summed E-state index contributed by atoms with van der Waals surface area (Å²) in [4.78, 5) is 14.1. The Labute approximate surface area is 118 Å². The molecule has 0 radical (unpaired) electrons. The zero-order chi connectivity index (χ0) is 14.7. The maximum absolute atomic E-state index is 12.1. The summed E-state index contributed by atoms with van der Waals surface area (Å²) in [7, 11) is 3.92. The highest BCUT2D eigenvalue weighted by atomic mass is 16.1. The van der Waals surface area contributed by atoms with Gasteiger partial charge < -0.3 is 21.7 Å². The van der Waals surface area contributed by atoms with Gasteiger partial charge in [-0.05, 0) is 42.5 Å². The lowest BCUT2D eigenvalue weighted by atomic mass is 10.1. The molecule has 5 N–H and O–H groups in total. The molecular weight excluding hydrogens is 252 g/mol. The number of nitrogen functional groups attached to an aromatic ring is 2.